The van der Waals surface area contributed by atoms with E-state index in [4.69, 9.17) is 0 Å². The Morgan fingerprint density at radius 2 is 2.38 bits per heavy atom. The van der Waals surface area contributed by atoms with Crippen LogP contribution in [-0.4, -0.2) is 17.5 Å². The van der Waals surface area contributed by atoms with Gasteiger partial charge in [0.15, 0.2) is 0 Å². The van der Waals surface area contributed by atoms with E-state index in [1.807, 2.05) is 6.92 Å². The Balaban J connectivity index is 2.55. The molecule has 2 nitrogen and oxygen atoms in total. The molecule has 0 saturated heterocycles. The van der Waals surface area contributed by atoms with Crippen molar-refractivity contribution in [1.29, 1.82) is 0 Å². The molecule has 76 valence electrons. The fraction of sp³-hybridized carbons (Fsp3) is 0.909. The van der Waals surface area contributed by atoms with E-state index in [9.17, 15) is 9.90 Å². The molecule has 0 heterocycles. The quantitative estimate of drug-likeness (QED) is 0.680. The van der Waals surface area contributed by atoms with Crippen LogP contribution in [0, 0.1) is 11.3 Å². The van der Waals surface area contributed by atoms with Crippen LogP contribution in [0.15, 0.2) is 0 Å². The number of aliphatic hydroxyl groups is 1. The molecule has 1 fully saturated rings. The molecule has 0 spiro atoms. The van der Waals surface area contributed by atoms with E-state index in [-0.39, 0.29) is 11.5 Å². The van der Waals surface area contributed by atoms with Crippen LogP contribution in [0.3, 0.4) is 0 Å². The summed E-state index contributed by atoms with van der Waals surface area (Å²) >= 11 is 0. The summed E-state index contributed by atoms with van der Waals surface area (Å²) in [6.45, 7) is 4.14. The van der Waals surface area contributed by atoms with Crippen molar-refractivity contribution in [3.05, 3.63) is 0 Å². The van der Waals surface area contributed by atoms with Gasteiger partial charge in [0.2, 0.25) is 0 Å². The molecule has 13 heavy (non-hydrogen) atoms. The highest BCUT2D eigenvalue weighted by molar-refractivity contribution is 5.60. The molecular formula is C11H20O2. The predicted molar refractivity (Wildman–Crippen MR) is 52.4 cm³/mol. The molecule has 2 heteroatoms. The third-order valence-electron chi connectivity index (χ3n) is 3.25. The van der Waals surface area contributed by atoms with Gasteiger partial charge >= 0.3 is 0 Å². The Hall–Kier alpha value is -0.370. The number of rotatable bonds is 4. The highest BCUT2D eigenvalue weighted by Crippen LogP contribution is 2.43. The third kappa shape index (κ3) is 2.53. The maximum Gasteiger partial charge on any atom is 0.126 e. The molecule has 0 radical (unpaired) electrons. The largest absolute Gasteiger partial charge is 0.393 e. The number of aliphatic hydroxyl groups excluding tert-OH is 1. The molecule has 0 aromatic rings. The van der Waals surface area contributed by atoms with Gasteiger partial charge in [0, 0.05) is 5.41 Å². The molecule has 1 N–H and O–H groups in total. The Kier molecular flexibility index (Phi) is 3.48. The van der Waals surface area contributed by atoms with Crippen LogP contribution < -0.4 is 0 Å². The zero-order valence-electron chi connectivity index (χ0n) is 8.62. The van der Waals surface area contributed by atoms with Crippen molar-refractivity contribution >= 4 is 6.29 Å². The second-order valence-electron chi connectivity index (χ2n) is 4.59. The molecule has 1 aliphatic rings. The van der Waals surface area contributed by atoms with E-state index in [0.717, 1.165) is 32.0 Å². The third-order valence-corrected chi connectivity index (χ3v) is 3.25. The Labute approximate surface area is 80.3 Å². The van der Waals surface area contributed by atoms with Crippen LogP contribution in [0.2, 0.25) is 0 Å². The molecule has 0 aliphatic heterocycles. The average Bonchev–Trinajstić information content (AvgIpc) is 2.48. The molecule has 0 aromatic heterocycles. The second-order valence-corrected chi connectivity index (χ2v) is 4.59. The molecule has 3 unspecified atom stereocenters. The SMILES string of the molecule is CCC(O)CC1(C=O)CCC(C)C1. The zero-order valence-corrected chi connectivity index (χ0v) is 8.62. The lowest BCUT2D eigenvalue weighted by Crippen LogP contribution is -2.25. The molecule has 3 atom stereocenters. The first-order valence-electron chi connectivity index (χ1n) is 5.26. The van der Waals surface area contributed by atoms with Crippen LogP contribution >= 0.6 is 0 Å². The smallest absolute Gasteiger partial charge is 0.126 e. The van der Waals surface area contributed by atoms with E-state index in [0.29, 0.717) is 12.3 Å². The predicted octanol–water partition coefficient (Wildman–Crippen LogP) is 2.15. The van der Waals surface area contributed by atoms with Gasteiger partial charge in [-0.3, -0.25) is 0 Å². The number of aldehydes is 1. The number of carbonyl (C=O) groups is 1. The summed E-state index contributed by atoms with van der Waals surface area (Å²) < 4.78 is 0. The van der Waals surface area contributed by atoms with Gasteiger partial charge in [0.25, 0.3) is 0 Å². The Morgan fingerprint density at radius 3 is 2.77 bits per heavy atom. The minimum Gasteiger partial charge on any atom is -0.393 e. The lowest BCUT2D eigenvalue weighted by atomic mass is 9.81. The number of carbonyl (C=O) groups excluding carboxylic acids is 1. The van der Waals surface area contributed by atoms with Crippen molar-refractivity contribution < 1.29 is 9.90 Å². The van der Waals surface area contributed by atoms with Crippen molar-refractivity contribution in [2.75, 3.05) is 0 Å². The summed E-state index contributed by atoms with van der Waals surface area (Å²) in [7, 11) is 0. The summed E-state index contributed by atoms with van der Waals surface area (Å²) in [5.41, 5.74) is -0.200. The normalized spacial score (nSPS) is 36.1. The Bertz CT molecular complexity index is 179. The van der Waals surface area contributed by atoms with Gasteiger partial charge in [0.1, 0.15) is 6.29 Å². The maximum atomic E-state index is 11.0. The first-order chi connectivity index (χ1) is 6.12. The van der Waals surface area contributed by atoms with Crippen LogP contribution in [0.1, 0.15) is 46.0 Å². The van der Waals surface area contributed by atoms with Crippen molar-refractivity contribution in [2.45, 2.75) is 52.1 Å². The molecule has 0 aromatic carbocycles. The van der Waals surface area contributed by atoms with E-state index < -0.39 is 0 Å². The van der Waals surface area contributed by atoms with Crippen LogP contribution in [0.4, 0.5) is 0 Å². The van der Waals surface area contributed by atoms with E-state index in [1.165, 1.54) is 0 Å². The highest BCUT2D eigenvalue weighted by Gasteiger charge is 2.38. The van der Waals surface area contributed by atoms with Crippen LogP contribution in [0.5, 0.6) is 0 Å². The standard InChI is InChI=1S/C11H20O2/c1-3-10(13)7-11(8-12)5-4-9(2)6-11/h8-10,13H,3-7H2,1-2H3. The molecule has 1 saturated carbocycles. The Morgan fingerprint density at radius 1 is 1.69 bits per heavy atom. The fourth-order valence-corrected chi connectivity index (χ4v) is 2.39. The highest BCUT2D eigenvalue weighted by atomic mass is 16.3. The summed E-state index contributed by atoms with van der Waals surface area (Å²) in [4.78, 5) is 11.0. The van der Waals surface area contributed by atoms with Gasteiger partial charge in [-0.05, 0) is 38.0 Å². The van der Waals surface area contributed by atoms with Gasteiger partial charge in [-0.25, -0.2) is 0 Å². The monoisotopic (exact) mass is 184 g/mol. The van der Waals surface area contributed by atoms with Crippen LogP contribution in [0.25, 0.3) is 0 Å². The summed E-state index contributed by atoms with van der Waals surface area (Å²) in [5.74, 6) is 0.647. The summed E-state index contributed by atoms with van der Waals surface area (Å²) in [5, 5.41) is 9.54. The van der Waals surface area contributed by atoms with E-state index in [2.05, 4.69) is 6.92 Å². The van der Waals surface area contributed by atoms with Gasteiger partial charge in [-0.1, -0.05) is 13.8 Å². The number of hydrogen-bond donors (Lipinski definition) is 1. The summed E-state index contributed by atoms with van der Waals surface area (Å²) in [6, 6.07) is 0. The molecular weight excluding hydrogens is 164 g/mol. The molecule has 1 aliphatic carbocycles. The minimum absolute atomic E-state index is 0.200. The zero-order chi connectivity index (χ0) is 9.90. The van der Waals surface area contributed by atoms with Gasteiger partial charge < -0.3 is 9.90 Å². The average molecular weight is 184 g/mol. The number of hydrogen-bond acceptors (Lipinski definition) is 2. The van der Waals surface area contributed by atoms with Crippen molar-refractivity contribution in [3.63, 3.8) is 0 Å². The lowest BCUT2D eigenvalue weighted by molar-refractivity contribution is -0.117. The lowest BCUT2D eigenvalue weighted by Gasteiger charge is -2.24. The van der Waals surface area contributed by atoms with E-state index >= 15 is 0 Å². The van der Waals surface area contributed by atoms with Gasteiger partial charge in [-0.15, -0.1) is 0 Å². The maximum absolute atomic E-state index is 11.0. The van der Waals surface area contributed by atoms with E-state index in [1.54, 1.807) is 0 Å². The van der Waals surface area contributed by atoms with Crippen molar-refractivity contribution in [1.82, 2.24) is 0 Å². The minimum atomic E-state index is -0.296. The molecule has 0 amide bonds. The first-order valence-corrected chi connectivity index (χ1v) is 5.26. The van der Waals surface area contributed by atoms with Gasteiger partial charge in [0.05, 0.1) is 6.10 Å². The van der Waals surface area contributed by atoms with Crippen LogP contribution in [-0.2, 0) is 4.79 Å². The first kappa shape index (κ1) is 10.7. The molecule has 1 rings (SSSR count). The topological polar surface area (TPSA) is 37.3 Å². The molecule has 0 bridgehead atoms. The van der Waals surface area contributed by atoms with Crippen molar-refractivity contribution in [3.8, 4) is 0 Å². The summed E-state index contributed by atoms with van der Waals surface area (Å²) in [6.07, 6.45) is 5.27. The van der Waals surface area contributed by atoms with Gasteiger partial charge in [-0.2, -0.15) is 0 Å². The van der Waals surface area contributed by atoms with Crippen molar-refractivity contribution in [2.24, 2.45) is 11.3 Å². The second kappa shape index (κ2) is 4.23. The fourth-order valence-electron chi connectivity index (χ4n) is 2.39.